The minimum Gasteiger partial charge on any atom is -0.460 e. The molecule has 0 heterocycles. The average Bonchev–Trinajstić information content (AvgIpc) is 2.34. The molecule has 0 aromatic heterocycles. The number of hydrogen-bond acceptors (Lipinski definition) is 3. The molecule has 2 unspecified atom stereocenters. The second kappa shape index (κ2) is 7.29. The maximum absolute atomic E-state index is 12.7. The number of aryl methyl sites for hydroxylation is 3. The monoisotopic (exact) mass is 318 g/mol. The molecule has 23 heavy (non-hydrogen) atoms. The number of carbonyl (C=O) groups is 2. The number of hydrogen-bond donors (Lipinski definition) is 0. The molecule has 0 saturated heterocycles. The third-order valence-corrected chi connectivity index (χ3v) is 4.10. The van der Waals surface area contributed by atoms with Crippen molar-refractivity contribution in [1.29, 1.82) is 0 Å². The number of rotatable bonds is 5. The van der Waals surface area contributed by atoms with Crippen LogP contribution in [-0.4, -0.2) is 17.4 Å². The van der Waals surface area contributed by atoms with Gasteiger partial charge in [-0.1, -0.05) is 31.5 Å². The highest BCUT2D eigenvalue weighted by Crippen LogP contribution is 2.24. The fraction of sp³-hybridized carbons (Fsp3) is 0.600. The largest absolute Gasteiger partial charge is 0.460 e. The summed E-state index contributed by atoms with van der Waals surface area (Å²) in [5.74, 6) is -0.500. The van der Waals surface area contributed by atoms with Crippen LogP contribution in [0.4, 0.5) is 0 Å². The van der Waals surface area contributed by atoms with Crippen molar-refractivity contribution in [3.05, 3.63) is 34.4 Å². The van der Waals surface area contributed by atoms with Crippen LogP contribution in [0.5, 0.6) is 0 Å². The lowest BCUT2D eigenvalue weighted by Crippen LogP contribution is -2.31. The first-order valence-corrected chi connectivity index (χ1v) is 8.26. The third kappa shape index (κ3) is 5.49. The standard InChI is InChI=1S/C20H30O3/c1-12-9-14(3)18(15(4)10-12)17(21)11-13(2)16(5)19(22)23-20(6,7)8/h9-10,13,16H,11H2,1-8H3. The fourth-order valence-corrected chi connectivity index (χ4v) is 2.82. The van der Waals surface area contributed by atoms with Crippen molar-refractivity contribution in [2.24, 2.45) is 11.8 Å². The molecule has 0 aliphatic rings. The van der Waals surface area contributed by atoms with Gasteiger partial charge in [0.15, 0.2) is 5.78 Å². The molecule has 1 aromatic carbocycles. The Labute approximate surface area is 140 Å². The summed E-state index contributed by atoms with van der Waals surface area (Å²) in [4.78, 5) is 24.8. The van der Waals surface area contributed by atoms with Gasteiger partial charge in [0.05, 0.1) is 5.92 Å². The summed E-state index contributed by atoms with van der Waals surface area (Å²) in [7, 11) is 0. The van der Waals surface area contributed by atoms with Crippen LogP contribution in [0.3, 0.4) is 0 Å². The first-order chi connectivity index (χ1) is 10.4. The zero-order chi connectivity index (χ0) is 17.9. The van der Waals surface area contributed by atoms with Crippen LogP contribution in [0.1, 0.15) is 68.1 Å². The van der Waals surface area contributed by atoms with E-state index in [4.69, 9.17) is 4.74 Å². The molecule has 1 aromatic rings. The molecule has 0 aliphatic heterocycles. The molecular formula is C20H30O3. The maximum Gasteiger partial charge on any atom is 0.309 e. The molecule has 0 fully saturated rings. The molecule has 0 radical (unpaired) electrons. The summed E-state index contributed by atoms with van der Waals surface area (Å²) in [5, 5.41) is 0. The second-order valence-corrected chi connectivity index (χ2v) is 7.70. The Hall–Kier alpha value is -1.64. The molecule has 0 aliphatic carbocycles. The van der Waals surface area contributed by atoms with E-state index < -0.39 is 5.60 Å². The first-order valence-electron chi connectivity index (χ1n) is 8.26. The van der Waals surface area contributed by atoms with Crippen LogP contribution >= 0.6 is 0 Å². The van der Waals surface area contributed by atoms with Gasteiger partial charge in [0.2, 0.25) is 0 Å². The van der Waals surface area contributed by atoms with Crippen molar-refractivity contribution in [1.82, 2.24) is 0 Å². The molecule has 1 rings (SSSR count). The lowest BCUT2D eigenvalue weighted by molar-refractivity contribution is -0.161. The smallest absolute Gasteiger partial charge is 0.309 e. The van der Waals surface area contributed by atoms with Crippen molar-refractivity contribution >= 4 is 11.8 Å². The van der Waals surface area contributed by atoms with Crippen LogP contribution in [-0.2, 0) is 9.53 Å². The van der Waals surface area contributed by atoms with E-state index in [-0.39, 0.29) is 23.6 Å². The quantitative estimate of drug-likeness (QED) is 0.578. The Morgan fingerprint density at radius 3 is 1.96 bits per heavy atom. The van der Waals surface area contributed by atoms with Crippen molar-refractivity contribution in [3.8, 4) is 0 Å². The van der Waals surface area contributed by atoms with Gasteiger partial charge in [-0.3, -0.25) is 9.59 Å². The molecule has 2 atom stereocenters. The summed E-state index contributed by atoms with van der Waals surface area (Å²) >= 11 is 0. The third-order valence-electron chi connectivity index (χ3n) is 4.10. The zero-order valence-electron chi connectivity index (χ0n) is 15.7. The van der Waals surface area contributed by atoms with Crippen LogP contribution in [0, 0.1) is 32.6 Å². The number of benzene rings is 1. The molecular weight excluding hydrogens is 288 g/mol. The predicted octanol–water partition coefficient (Wildman–Crippen LogP) is 4.80. The van der Waals surface area contributed by atoms with Gasteiger partial charge in [-0.15, -0.1) is 0 Å². The lowest BCUT2D eigenvalue weighted by Gasteiger charge is -2.25. The molecule has 0 spiro atoms. The summed E-state index contributed by atoms with van der Waals surface area (Å²) < 4.78 is 5.42. The topological polar surface area (TPSA) is 43.4 Å². The number of Topliss-reactive ketones (excluding diaryl/α,β-unsaturated/α-hetero) is 1. The van der Waals surface area contributed by atoms with Crippen molar-refractivity contribution in [3.63, 3.8) is 0 Å². The van der Waals surface area contributed by atoms with Crippen molar-refractivity contribution in [2.45, 2.75) is 67.4 Å². The number of carbonyl (C=O) groups excluding carboxylic acids is 2. The van der Waals surface area contributed by atoms with Gasteiger partial charge in [0.1, 0.15) is 5.60 Å². The van der Waals surface area contributed by atoms with E-state index in [1.54, 1.807) is 0 Å². The lowest BCUT2D eigenvalue weighted by atomic mass is 9.86. The molecule has 128 valence electrons. The normalized spacial score (nSPS) is 14.3. The van der Waals surface area contributed by atoms with Gasteiger partial charge in [-0.25, -0.2) is 0 Å². The van der Waals surface area contributed by atoms with E-state index in [0.29, 0.717) is 6.42 Å². The van der Waals surface area contributed by atoms with E-state index in [1.807, 2.05) is 67.5 Å². The Kier molecular flexibility index (Phi) is 6.15. The Balaban J connectivity index is 2.83. The Morgan fingerprint density at radius 1 is 1.04 bits per heavy atom. The maximum atomic E-state index is 12.7. The van der Waals surface area contributed by atoms with E-state index in [1.165, 1.54) is 0 Å². The highest BCUT2D eigenvalue weighted by molar-refractivity contribution is 5.99. The van der Waals surface area contributed by atoms with Gasteiger partial charge in [0.25, 0.3) is 0 Å². The van der Waals surface area contributed by atoms with E-state index >= 15 is 0 Å². The van der Waals surface area contributed by atoms with Crippen LogP contribution < -0.4 is 0 Å². The van der Waals surface area contributed by atoms with Gasteiger partial charge < -0.3 is 4.74 Å². The molecule has 3 nitrogen and oxygen atoms in total. The summed E-state index contributed by atoms with van der Waals surface area (Å²) in [5.41, 5.74) is 3.46. The van der Waals surface area contributed by atoms with E-state index in [0.717, 1.165) is 22.3 Å². The van der Waals surface area contributed by atoms with E-state index in [9.17, 15) is 9.59 Å². The van der Waals surface area contributed by atoms with Crippen molar-refractivity contribution < 1.29 is 14.3 Å². The Morgan fingerprint density at radius 2 is 1.52 bits per heavy atom. The van der Waals surface area contributed by atoms with Crippen LogP contribution in [0.25, 0.3) is 0 Å². The van der Waals surface area contributed by atoms with Gasteiger partial charge in [-0.2, -0.15) is 0 Å². The summed E-state index contributed by atoms with van der Waals surface area (Å²) in [6.45, 7) is 15.3. The fourth-order valence-electron chi connectivity index (χ4n) is 2.82. The zero-order valence-corrected chi connectivity index (χ0v) is 15.7. The molecule has 0 bridgehead atoms. The number of ketones is 1. The van der Waals surface area contributed by atoms with Crippen LogP contribution in [0.2, 0.25) is 0 Å². The molecule has 0 N–H and O–H groups in total. The first kappa shape index (κ1) is 19.4. The highest BCUT2D eigenvalue weighted by atomic mass is 16.6. The number of ether oxygens (including phenoxy) is 1. The van der Waals surface area contributed by atoms with Gasteiger partial charge in [-0.05, 0) is 58.6 Å². The number of esters is 1. The van der Waals surface area contributed by atoms with Gasteiger partial charge in [0, 0.05) is 12.0 Å². The molecule has 3 heteroatoms. The summed E-state index contributed by atoms with van der Waals surface area (Å²) in [6, 6.07) is 4.06. The SMILES string of the molecule is Cc1cc(C)c(C(=O)CC(C)C(C)C(=O)OC(C)(C)C)c(C)c1. The summed E-state index contributed by atoms with van der Waals surface area (Å²) in [6.07, 6.45) is 0.352. The molecule has 0 amide bonds. The van der Waals surface area contributed by atoms with Crippen LogP contribution in [0.15, 0.2) is 12.1 Å². The van der Waals surface area contributed by atoms with Crippen molar-refractivity contribution in [2.75, 3.05) is 0 Å². The second-order valence-electron chi connectivity index (χ2n) is 7.70. The van der Waals surface area contributed by atoms with E-state index in [2.05, 4.69) is 0 Å². The minimum absolute atomic E-state index is 0.0579. The highest BCUT2D eigenvalue weighted by Gasteiger charge is 2.28. The molecule has 0 saturated carbocycles. The predicted molar refractivity (Wildman–Crippen MR) is 93.8 cm³/mol. The minimum atomic E-state index is -0.501. The van der Waals surface area contributed by atoms with Gasteiger partial charge >= 0.3 is 5.97 Å². The Bertz CT molecular complexity index is 570. The average molecular weight is 318 g/mol.